The number of halogens is 1. The van der Waals surface area contributed by atoms with Crippen LogP contribution in [0.15, 0.2) is 41.6 Å². The molecule has 0 atom stereocenters. The largest absolute Gasteiger partial charge is 0.295 e. The molecule has 0 unspecified atom stereocenters. The molecule has 0 aliphatic rings. The number of nitrogens with zero attached hydrogens (tertiary/aromatic N) is 3. The molecule has 1 aromatic heterocycles. The number of rotatable bonds is 2. The van der Waals surface area contributed by atoms with Crippen LogP contribution in [0.1, 0.15) is 11.1 Å². The Morgan fingerprint density at radius 2 is 2.24 bits per heavy atom. The predicted molar refractivity (Wildman–Crippen MR) is 58.7 cm³/mol. The molecule has 0 amide bonds. The number of hydrogen-bond acceptors (Lipinski definition) is 3. The van der Waals surface area contributed by atoms with Gasteiger partial charge in [0.1, 0.15) is 5.82 Å². The first kappa shape index (κ1) is 11.0. The van der Waals surface area contributed by atoms with Gasteiger partial charge in [0.15, 0.2) is 0 Å². The van der Waals surface area contributed by atoms with Gasteiger partial charge in [0, 0.05) is 17.8 Å². The van der Waals surface area contributed by atoms with E-state index in [1.807, 2.05) is 6.07 Å². The Bertz CT molecular complexity index is 643. The Hall–Kier alpha value is -2.48. The van der Waals surface area contributed by atoms with Crippen LogP contribution in [-0.4, -0.2) is 9.55 Å². The third-order valence-corrected chi connectivity index (χ3v) is 2.32. The highest BCUT2D eigenvalue weighted by atomic mass is 19.1. The van der Waals surface area contributed by atoms with Gasteiger partial charge in [0.05, 0.1) is 24.5 Å². The van der Waals surface area contributed by atoms with Gasteiger partial charge in [-0.15, -0.1) is 0 Å². The van der Waals surface area contributed by atoms with E-state index in [1.165, 1.54) is 35.3 Å². The number of aromatic nitrogens is 2. The minimum absolute atomic E-state index is 0.101. The van der Waals surface area contributed by atoms with E-state index in [-0.39, 0.29) is 17.7 Å². The molecular weight excluding hydrogens is 221 g/mol. The summed E-state index contributed by atoms with van der Waals surface area (Å²) in [6.07, 6.45) is 2.73. The van der Waals surface area contributed by atoms with Crippen LogP contribution < -0.4 is 5.56 Å². The van der Waals surface area contributed by atoms with Gasteiger partial charge in [-0.25, -0.2) is 9.37 Å². The van der Waals surface area contributed by atoms with Crippen molar-refractivity contribution < 1.29 is 4.39 Å². The molecule has 0 N–H and O–H groups in total. The molecule has 0 aliphatic carbocycles. The molecule has 84 valence electrons. The monoisotopic (exact) mass is 229 g/mol. The van der Waals surface area contributed by atoms with Gasteiger partial charge in [0.25, 0.3) is 5.56 Å². The summed E-state index contributed by atoms with van der Waals surface area (Å²) >= 11 is 0. The zero-order valence-corrected chi connectivity index (χ0v) is 8.80. The van der Waals surface area contributed by atoms with E-state index in [1.54, 1.807) is 0 Å². The van der Waals surface area contributed by atoms with Crippen molar-refractivity contribution in [3.8, 4) is 6.07 Å². The van der Waals surface area contributed by atoms with Gasteiger partial charge >= 0.3 is 0 Å². The lowest BCUT2D eigenvalue weighted by Crippen LogP contribution is -2.19. The third-order valence-electron chi connectivity index (χ3n) is 2.32. The van der Waals surface area contributed by atoms with E-state index in [9.17, 15) is 9.18 Å². The second kappa shape index (κ2) is 4.58. The summed E-state index contributed by atoms with van der Waals surface area (Å²) < 4.78 is 14.9. The average Bonchev–Trinajstić information content (AvgIpc) is 2.34. The number of benzene rings is 1. The molecule has 2 rings (SSSR count). The molecule has 17 heavy (non-hydrogen) atoms. The second-order valence-electron chi connectivity index (χ2n) is 3.46. The highest BCUT2D eigenvalue weighted by molar-refractivity contribution is 5.32. The van der Waals surface area contributed by atoms with Crippen molar-refractivity contribution in [1.29, 1.82) is 5.26 Å². The topological polar surface area (TPSA) is 58.7 Å². The fourth-order valence-electron chi connectivity index (χ4n) is 1.43. The molecular formula is C12H8FN3O. The lowest BCUT2D eigenvalue weighted by Gasteiger charge is -2.05. The summed E-state index contributed by atoms with van der Waals surface area (Å²) in [5, 5.41) is 8.60. The first-order valence-corrected chi connectivity index (χ1v) is 4.89. The van der Waals surface area contributed by atoms with E-state index >= 15 is 0 Å². The molecule has 0 spiro atoms. The highest BCUT2D eigenvalue weighted by Gasteiger charge is 2.05. The van der Waals surface area contributed by atoms with Gasteiger partial charge in [-0.2, -0.15) is 5.26 Å². The first-order chi connectivity index (χ1) is 8.20. The van der Waals surface area contributed by atoms with Crippen molar-refractivity contribution in [3.05, 3.63) is 64.1 Å². The molecule has 5 heteroatoms. The fraction of sp³-hybridized carbons (Fsp3) is 0.0833. The van der Waals surface area contributed by atoms with Crippen molar-refractivity contribution in [2.45, 2.75) is 6.54 Å². The van der Waals surface area contributed by atoms with Crippen molar-refractivity contribution in [1.82, 2.24) is 9.55 Å². The van der Waals surface area contributed by atoms with Crippen LogP contribution in [0.4, 0.5) is 4.39 Å². The van der Waals surface area contributed by atoms with Crippen molar-refractivity contribution in [3.63, 3.8) is 0 Å². The average molecular weight is 229 g/mol. The van der Waals surface area contributed by atoms with Crippen molar-refractivity contribution in [2.24, 2.45) is 0 Å². The molecule has 4 nitrogen and oxygen atoms in total. The van der Waals surface area contributed by atoms with Crippen LogP contribution in [0.3, 0.4) is 0 Å². The quantitative estimate of drug-likeness (QED) is 0.779. The summed E-state index contributed by atoms with van der Waals surface area (Å²) in [4.78, 5) is 15.2. The van der Waals surface area contributed by atoms with Crippen LogP contribution in [-0.2, 0) is 6.54 Å². The normalized spacial score (nSPS) is 9.88. The molecule has 0 radical (unpaired) electrons. The zero-order valence-electron chi connectivity index (χ0n) is 8.80. The van der Waals surface area contributed by atoms with Crippen LogP contribution in [0, 0.1) is 17.1 Å². The molecule has 0 saturated heterocycles. The van der Waals surface area contributed by atoms with Gasteiger partial charge in [-0.05, 0) is 12.1 Å². The Kier molecular flexibility index (Phi) is 2.97. The minimum Gasteiger partial charge on any atom is -0.295 e. The van der Waals surface area contributed by atoms with Crippen LogP contribution in [0.2, 0.25) is 0 Å². The zero-order chi connectivity index (χ0) is 12.3. The Balaban J connectivity index is 2.35. The smallest absolute Gasteiger partial charge is 0.253 e. The van der Waals surface area contributed by atoms with E-state index < -0.39 is 5.82 Å². The summed E-state index contributed by atoms with van der Waals surface area (Å²) in [7, 11) is 0. The van der Waals surface area contributed by atoms with Crippen LogP contribution in [0.5, 0.6) is 0 Å². The predicted octanol–water partition coefficient (Wildman–Crippen LogP) is 1.30. The Labute approximate surface area is 96.6 Å². The first-order valence-electron chi connectivity index (χ1n) is 4.89. The van der Waals surface area contributed by atoms with Gasteiger partial charge in [-0.3, -0.25) is 9.36 Å². The number of nitriles is 1. The minimum atomic E-state index is -0.500. The van der Waals surface area contributed by atoms with Gasteiger partial charge < -0.3 is 0 Å². The summed E-state index contributed by atoms with van der Waals surface area (Å²) in [5.74, 6) is -0.500. The molecule has 0 fully saturated rings. The third kappa shape index (κ3) is 2.37. The molecule has 0 saturated carbocycles. The van der Waals surface area contributed by atoms with E-state index in [0.29, 0.717) is 5.56 Å². The van der Waals surface area contributed by atoms with Crippen molar-refractivity contribution in [2.75, 3.05) is 0 Å². The maximum absolute atomic E-state index is 13.6. The lowest BCUT2D eigenvalue weighted by atomic mass is 10.1. The Morgan fingerprint density at radius 1 is 1.41 bits per heavy atom. The van der Waals surface area contributed by atoms with E-state index in [2.05, 4.69) is 4.98 Å². The second-order valence-corrected chi connectivity index (χ2v) is 3.46. The molecule has 1 aromatic carbocycles. The summed E-state index contributed by atoms with van der Waals surface area (Å²) in [6.45, 7) is 0.101. The lowest BCUT2D eigenvalue weighted by molar-refractivity contribution is 0.593. The summed E-state index contributed by atoms with van der Waals surface area (Å²) in [6, 6.07) is 7.31. The maximum Gasteiger partial charge on any atom is 0.253 e. The maximum atomic E-state index is 13.6. The molecule has 1 heterocycles. The van der Waals surface area contributed by atoms with Crippen molar-refractivity contribution >= 4 is 0 Å². The van der Waals surface area contributed by atoms with E-state index in [0.717, 1.165) is 6.07 Å². The van der Waals surface area contributed by atoms with Gasteiger partial charge in [0.2, 0.25) is 0 Å². The van der Waals surface area contributed by atoms with E-state index in [4.69, 9.17) is 5.26 Å². The SMILES string of the molecule is N#Cc1ccc(Cn2cnccc2=O)c(F)c1. The summed E-state index contributed by atoms with van der Waals surface area (Å²) in [5.41, 5.74) is 0.354. The molecule has 0 aliphatic heterocycles. The Morgan fingerprint density at radius 3 is 2.88 bits per heavy atom. The van der Waals surface area contributed by atoms with Gasteiger partial charge in [-0.1, -0.05) is 6.07 Å². The number of hydrogen-bond donors (Lipinski definition) is 0. The standard InChI is InChI=1S/C12H8FN3O/c13-11-5-9(6-14)1-2-10(11)7-16-8-15-4-3-12(16)17/h1-5,8H,7H2. The highest BCUT2D eigenvalue weighted by Crippen LogP contribution is 2.10. The molecule has 2 aromatic rings. The van der Waals surface area contributed by atoms with Crippen LogP contribution >= 0.6 is 0 Å². The fourth-order valence-corrected chi connectivity index (χ4v) is 1.43. The molecule has 0 bridgehead atoms. The van der Waals surface area contributed by atoms with Crippen LogP contribution in [0.25, 0.3) is 0 Å².